The fraction of sp³-hybridized carbons (Fsp3) is 1.00. The molecular formula is C8H17N2O2S-. The maximum atomic E-state index is 10.3. The van der Waals surface area contributed by atoms with E-state index >= 15 is 0 Å². The van der Waals surface area contributed by atoms with Crippen LogP contribution in [-0.4, -0.2) is 45.1 Å². The SMILES string of the molecule is NC1CCN(CCCS(=O)[O-])CC1. The Morgan fingerprint density at radius 3 is 2.62 bits per heavy atom. The molecule has 0 amide bonds. The van der Waals surface area contributed by atoms with Crippen molar-refractivity contribution >= 4 is 11.1 Å². The van der Waals surface area contributed by atoms with Crippen molar-refractivity contribution in [2.75, 3.05) is 25.4 Å². The van der Waals surface area contributed by atoms with Crippen LogP contribution in [0.5, 0.6) is 0 Å². The summed E-state index contributed by atoms with van der Waals surface area (Å²) in [7, 11) is 0. The summed E-state index contributed by atoms with van der Waals surface area (Å²) in [6, 6.07) is 0.352. The van der Waals surface area contributed by atoms with Crippen LogP contribution in [0.25, 0.3) is 0 Å². The first-order valence-electron chi connectivity index (χ1n) is 4.72. The maximum absolute atomic E-state index is 10.3. The van der Waals surface area contributed by atoms with E-state index in [0.717, 1.165) is 38.9 Å². The van der Waals surface area contributed by atoms with Gasteiger partial charge < -0.3 is 15.2 Å². The largest absolute Gasteiger partial charge is 0.772 e. The number of piperidine rings is 1. The Morgan fingerprint density at radius 1 is 1.46 bits per heavy atom. The van der Waals surface area contributed by atoms with E-state index in [4.69, 9.17) is 5.73 Å². The smallest absolute Gasteiger partial charge is 0.0114 e. The molecule has 0 aromatic heterocycles. The van der Waals surface area contributed by atoms with Crippen LogP contribution in [0, 0.1) is 0 Å². The topological polar surface area (TPSA) is 69.4 Å². The molecule has 1 atom stereocenters. The number of likely N-dealkylation sites (tertiary alicyclic amines) is 1. The number of hydrogen-bond acceptors (Lipinski definition) is 4. The number of nitrogens with zero attached hydrogens (tertiary/aromatic N) is 1. The van der Waals surface area contributed by atoms with E-state index < -0.39 is 11.1 Å². The van der Waals surface area contributed by atoms with Gasteiger partial charge in [-0.05, 0) is 38.9 Å². The second-order valence-corrected chi connectivity index (χ2v) is 4.56. The molecule has 1 aliphatic heterocycles. The minimum absolute atomic E-state index is 0.280. The van der Waals surface area contributed by atoms with Gasteiger partial charge in [-0.15, -0.1) is 0 Å². The molecule has 0 radical (unpaired) electrons. The molecule has 5 heteroatoms. The van der Waals surface area contributed by atoms with Gasteiger partial charge in [-0.2, -0.15) is 0 Å². The lowest BCUT2D eigenvalue weighted by Gasteiger charge is -2.29. The third-order valence-electron chi connectivity index (χ3n) is 2.42. The highest BCUT2D eigenvalue weighted by Gasteiger charge is 2.14. The van der Waals surface area contributed by atoms with Crippen LogP contribution in [0.4, 0.5) is 0 Å². The van der Waals surface area contributed by atoms with Gasteiger partial charge in [0.15, 0.2) is 0 Å². The Balaban J connectivity index is 2.05. The molecule has 0 spiro atoms. The van der Waals surface area contributed by atoms with Crippen molar-refractivity contribution in [3.05, 3.63) is 0 Å². The van der Waals surface area contributed by atoms with Crippen molar-refractivity contribution in [2.24, 2.45) is 5.73 Å². The van der Waals surface area contributed by atoms with Gasteiger partial charge in [0, 0.05) is 11.8 Å². The normalized spacial score (nSPS) is 23.2. The van der Waals surface area contributed by atoms with Crippen LogP contribution in [-0.2, 0) is 11.1 Å². The van der Waals surface area contributed by atoms with Gasteiger partial charge in [-0.1, -0.05) is 11.1 Å². The van der Waals surface area contributed by atoms with Crippen LogP contribution in [0.15, 0.2) is 0 Å². The molecule has 1 heterocycles. The molecule has 1 unspecified atom stereocenters. The Morgan fingerprint density at radius 2 is 2.08 bits per heavy atom. The lowest BCUT2D eigenvalue weighted by molar-refractivity contribution is 0.214. The fourth-order valence-corrected chi connectivity index (χ4v) is 1.95. The fourth-order valence-electron chi connectivity index (χ4n) is 1.58. The highest BCUT2D eigenvalue weighted by atomic mass is 32.2. The molecule has 1 aliphatic rings. The standard InChI is InChI=1S/C8H18N2O2S/c9-8-2-5-10(6-3-8)4-1-7-13(11)12/h8H,1-7,9H2,(H,11,12)/p-1. The second-order valence-electron chi connectivity index (χ2n) is 3.54. The minimum atomic E-state index is -1.88. The lowest BCUT2D eigenvalue weighted by atomic mass is 10.1. The number of rotatable bonds is 4. The van der Waals surface area contributed by atoms with E-state index in [9.17, 15) is 8.76 Å². The average molecular weight is 205 g/mol. The molecule has 2 N–H and O–H groups in total. The lowest BCUT2D eigenvalue weighted by Crippen LogP contribution is -2.40. The average Bonchev–Trinajstić information content (AvgIpc) is 2.08. The van der Waals surface area contributed by atoms with Crippen molar-refractivity contribution in [3.63, 3.8) is 0 Å². The van der Waals surface area contributed by atoms with Gasteiger partial charge >= 0.3 is 0 Å². The van der Waals surface area contributed by atoms with Crippen molar-refractivity contribution in [1.82, 2.24) is 4.90 Å². The van der Waals surface area contributed by atoms with Gasteiger partial charge in [-0.25, -0.2) is 0 Å². The zero-order valence-electron chi connectivity index (χ0n) is 7.78. The summed E-state index contributed by atoms with van der Waals surface area (Å²) in [6.07, 6.45) is 2.83. The summed E-state index contributed by atoms with van der Waals surface area (Å²) in [6.45, 7) is 2.93. The monoisotopic (exact) mass is 205 g/mol. The van der Waals surface area contributed by atoms with Crippen molar-refractivity contribution in [1.29, 1.82) is 0 Å². The predicted molar refractivity (Wildman–Crippen MR) is 52.1 cm³/mol. The molecule has 1 rings (SSSR count). The van der Waals surface area contributed by atoms with Crippen LogP contribution in [0.2, 0.25) is 0 Å². The molecule has 0 bridgehead atoms. The van der Waals surface area contributed by atoms with Gasteiger partial charge in [0.2, 0.25) is 0 Å². The van der Waals surface area contributed by atoms with Crippen molar-refractivity contribution in [2.45, 2.75) is 25.3 Å². The highest BCUT2D eigenvalue weighted by molar-refractivity contribution is 7.79. The predicted octanol–water partition coefficient (Wildman–Crippen LogP) is -0.321. The molecule has 4 nitrogen and oxygen atoms in total. The number of hydrogen-bond donors (Lipinski definition) is 1. The van der Waals surface area contributed by atoms with Crippen LogP contribution in [0.3, 0.4) is 0 Å². The Kier molecular flexibility index (Phi) is 4.87. The van der Waals surface area contributed by atoms with Crippen LogP contribution < -0.4 is 5.73 Å². The second kappa shape index (κ2) is 5.70. The first kappa shape index (κ1) is 11.1. The summed E-state index contributed by atoms with van der Waals surface area (Å²) >= 11 is -1.88. The molecule has 0 aliphatic carbocycles. The number of nitrogens with two attached hydrogens (primary N) is 1. The Bertz CT molecular complexity index is 170. The summed E-state index contributed by atoms with van der Waals surface area (Å²) < 4.78 is 20.5. The third-order valence-corrected chi connectivity index (χ3v) is 3.04. The van der Waals surface area contributed by atoms with E-state index in [1.54, 1.807) is 0 Å². The molecule has 1 fully saturated rings. The van der Waals surface area contributed by atoms with Crippen LogP contribution in [0.1, 0.15) is 19.3 Å². The van der Waals surface area contributed by atoms with Crippen molar-refractivity contribution < 1.29 is 8.76 Å². The summed E-state index contributed by atoms with van der Waals surface area (Å²) in [5, 5.41) is 0. The summed E-state index contributed by atoms with van der Waals surface area (Å²) in [5.41, 5.74) is 5.75. The zero-order valence-corrected chi connectivity index (χ0v) is 8.59. The highest BCUT2D eigenvalue weighted by Crippen LogP contribution is 2.08. The van der Waals surface area contributed by atoms with Gasteiger partial charge in [-0.3, -0.25) is 4.21 Å². The first-order valence-corrected chi connectivity index (χ1v) is 5.96. The first-order chi connectivity index (χ1) is 6.18. The molecule has 78 valence electrons. The Labute approximate surface area is 81.8 Å². The molecule has 1 saturated heterocycles. The van der Waals surface area contributed by atoms with Crippen molar-refractivity contribution in [3.8, 4) is 0 Å². The van der Waals surface area contributed by atoms with E-state index in [1.807, 2.05) is 0 Å². The quantitative estimate of drug-likeness (QED) is 0.639. The van der Waals surface area contributed by atoms with E-state index in [0.29, 0.717) is 6.04 Å². The molecule has 0 aromatic rings. The minimum Gasteiger partial charge on any atom is -0.772 e. The molecular weight excluding hydrogens is 188 g/mol. The van der Waals surface area contributed by atoms with Crippen LogP contribution >= 0.6 is 0 Å². The third kappa shape index (κ3) is 4.71. The van der Waals surface area contributed by atoms with E-state index in [1.165, 1.54) is 0 Å². The van der Waals surface area contributed by atoms with E-state index in [-0.39, 0.29) is 5.75 Å². The zero-order chi connectivity index (χ0) is 9.68. The maximum Gasteiger partial charge on any atom is 0.0114 e. The molecule has 0 saturated carbocycles. The summed E-state index contributed by atoms with van der Waals surface area (Å²) in [5.74, 6) is 0.280. The van der Waals surface area contributed by atoms with Gasteiger partial charge in [0.1, 0.15) is 0 Å². The Hall–Kier alpha value is 0.0300. The van der Waals surface area contributed by atoms with Gasteiger partial charge in [0.05, 0.1) is 0 Å². The molecule has 0 aromatic carbocycles. The van der Waals surface area contributed by atoms with Gasteiger partial charge in [0.25, 0.3) is 0 Å². The summed E-state index contributed by atoms with van der Waals surface area (Å²) in [4.78, 5) is 2.29. The van der Waals surface area contributed by atoms with E-state index in [2.05, 4.69) is 4.90 Å². The molecule has 13 heavy (non-hydrogen) atoms.